The Labute approximate surface area is 77.9 Å². The highest BCUT2D eigenvalue weighted by molar-refractivity contribution is 5.94. The van der Waals surface area contributed by atoms with Crippen molar-refractivity contribution in [3.8, 4) is 0 Å². The van der Waals surface area contributed by atoms with E-state index in [1.807, 2.05) is 13.8 Å². The number of benzene rings is 1. The first-order valence-electron chi connectivity index (χ1n) is 4.26. The molecule has 0 bridgehead atoms. The maximum absolute atomic E-state index is 11.4. The number of anilines is 1. The molecular formula is C10H14N2O. The van der Waals surface area contributed by atoms with Crippen LogP contribution in [0, 0.1) is 0 Å². The normalized spacial score (nSPS) is 10.1. The van der Waals surface area contributed by atoms with Gasteiger partial charge in [0, 0.05) is 17.3 Å². The van der Waals surface area contributed by atoms with Gasteiger partial charge in [0.25, 0.3) is 5.91 Å². The lowest BCUT2D eigenvalue weighted by Crippen LogP contribution is -2.29. The van der Waals surface area contributed by atoms with Crippen LogP contribution in [0.2, 0.25) is 0 Å². The molecule has 1 rings (SSSR count). The minimum atomic E-state index is -0.0602. The summed E-state index contributed by atoms with van der Waals surface area (Å²) in [6.07, 6.45) is 0. The first-order chi connectivity index (χ1) is 6.09. The van der Waals surface area contributed by atoms with E-state index in [-0.39, 0.29) is 11.9 Å². The zero-order chi connectivity index (χ0) is 9.84. The lowest BCUT2D eigenvalue weighted by Gasteiger charge is -2.07. The second-order valence-electron chi connectivity index (χ2n) is 3.25. The molecule has 0 saturated carbocycles. The largest absolute Gasteiger partial charge is 0.399 e. The van der Waals surface area contributed by atoms with Gasteiger partial charge >= 0.3 is 0 Å². The molecule has 0 aliphatic rings. The molecule has 0 spiro atoms. The summed E-state index contributed by atoms with van der Waals surface area (Å²) in [6, 6.07) is 7.02. The highest BCUT2D eigenvalue weighted by Crippen LogP contribution is 2.05. The van der Waals surface area contributed by atoms with Crippen LogP contribution in [0.25, 0.3) is 0 Å². The molecule has 0 aromatic heterocycles. The second-order valence-corrected chi connectivity index (χ2v) is 3.25. The number of amides is 1. The fourth-order valence-corrected chi connectivity index (χ4v) is 0.980. The first-order valence-corrected chi connectivity index (χ1v) is 4.26. The first kappa shape index (κ1) is 9.58. The number of nitrogens with one attached hydrogen (secondary N) is 1. The van der Waals surface area contributed by atoms with Crippen LogP contribution in [0.3, 0.4) is 0 Å². The van der Waals surface area contributed by atoms with Crippen LogP contribution in [0.4, 0.5) is 5.69 Å². The fourth-order valence-electron chi connectivity index (χ4n) is 0.980. The summed E-state index contributed by atoms with van der Waals surface area (Å²) in [5.41, 5.74) is 6.81. The van der Waals surface area contributed by atoms with Crippen LogP contribution in [0.1, 0.15) is 24.2 Å². The molecule has 1 amide bonds. The van der Waals surface area contributed by atoms with Crippen LogP contribution >= 0.6 is 0 Å². The number of hydrogen-bond acceptors (Lipinski definition) is 2. The van der Waals surface area contributed by atoms with Crippen molar-refractivity contribution in [1.29, 1.82) is 0 Å². The lowest BCUT2D eigenvalue weighted by molar-refractivity contribution is 0.0943. The van der Waals surface area contributed by atoms with Gasteiger partial charge in [0.05, 0.1) is 0 Å². The van der Waals surface area contributed by atoms with Crippen LogP contribution in [0.15, 0.2) is 24.3 Å². The standard InChI is InChI=1S/C10H14N2O/c1-7(2)12-10(13)8-3-5-9(11)6-4-8/h3-7H,11H2,1-2H3,(H,12,13). The molecular weight excluding hydrogens is 164 g/mol. The number of carbonyl (C=O) groups is 1. The molecule has 0 saturated heterocycles. The molecule has 0 atom stereocenters. The smallest absolute Gasteiger partial charge is 0.251 e. The third kappa shape index (κ3) is 2.78. The van der Waals surface area contributed by atoms with Crippen LogP contribution < -0.4 is 11.1 Å². The van der Waals surface area contributed by atoms with E-state index < -0.39 is 0 Å². The maximum atomic E-state index is 11.4. The number of nitrogens with two attached hydrogens (primary N) is 1. The van der Waals surface area contributed by atoms with Crippen molar-refractivity contribution in [3.63, 3.8) is 0 Å². The van der Waals surface area contributed by atoms with Crippen molar-refractivity contribution in [2.24, 2.45) is 0 Å². The van der Waals surface area contributed by atoms with Crippen molar-refractivity contribution >= 4 is 11.6 Å². The van der Waals surface area contributed by atoms with Gasteiger partial charge in [-0.1, -0.05) is 0 Å². The van der Waals surface area contributed by atoms with Gasteiger partial charge in [-0.3, -0.25) is 4.79 Å². The minimum absolute atomic E-state index is 0.0602. The molecule has 0 heterocycles. The molecule has 0 unspecified atom stereocenters. The Morgan fingerprint density at radius 2 is 1.85 bits per heavy atom. The summed E-state index contributed by atoms with van der Waals surface area (Å²) in [5, 5.41) is 2.80. The van der Waals surface area contributed by atoms with Crippen LogP contribution in [0.5, 0.6) is 0 Å². The topological polar surface area (TPSA) is 55.1 Å². The SMILES string of the molecule is CC(C)NC(=O)c1ccc(N)cc1. The predicted octanol–water partition coefficient (Wildman–Crippen LogP) is 1.41. The van der Waals surface area contributed by atoms with Gasteiger partial charge in [-0.2, -0.15) is 0 Å². The van der Waals surface area contributed by atoms with Crippen molar-refractivity contribution < 1.29 is 4.79 Å². The van der Waals surface area contributed by atoms with Gasteiger partial charge in [-0.05, 0) is 38.1 Å². The number of hydrogen-bond donors (Lipinski definition) is 2. The molecule has 3 nitrogen and oxygen atoms in total. The Hall–Kier alpha value is -1.51. The average molecular weight is 178 g/mol. The Morgan fingerprint density at radius 3 is 2.31 bits per heavy atom. The third-order valence-electron chi connectivity index (χ3n) is 1.59. The highest BCUT2D eigenvalue weighted by Gasteiger charge is 2.05. The second kappa shape index (κ2) is 3.94. The van der Waals surface area contributed by atoms with E-state index in [9.17, 15) is 4.79 Å². The summed E-state index contributed by atoms with van der Waals surface area (Å²) in [5.74, 6) is -0.0602. The van der Waals surface area contributed by atoms with E-state index in [2.05, 4.69) is 5.32 Å². The van der Waals surface area contributed by atoms with E-state index in [0.29, 0.717) is 11.3 Å². The van der Waals surface area contributed by atoms with Crippen molar-refractivity contribution in [3.05, 3.63) is 29.8 Å². The molecule has 3 N–H and O–H groups in total. The quantitative estimate of drug-likeness (QED) is 0.673. The summed E-state index contributed by atoms with van der Waals surface area (Å²) in [6.45, 7) is 3.85. The Kier molecular flexibility index (Phi) is 2.90. The van der Waals surface area contributed by atoms with Gasteiger partial charge in [-0.25, -0.2) is 0 Å². The number of nitrogen functional groups attached to an aromatic ring is 1. The molecule has 3 heteroatoms. The van der Waals surface area contributed by atoms with Crippen molar-refractivity contribution in [2.45, 2.75) is 19.9 Å². The Morgan fingerprint density at radius 1 is 1.31 bits per heavy atom. The molecule has 0 radical (unpaired) electrons. The Bertz CT molecular complexity index is 290. The van der Waals surface area contributed by atoms with E-state index in [0.717, 1.165) is 0 Å². The molecule has 1 aromatic carbocycles. The predicted molar refractivity (Wildman–Crippen MR) is 53.5 cm³/mol. The van der Waals surface area contributed by atoms with E-state index in [4.69, 9.17) is 5.73 Å². The number of carbonyl (C=O) groups excluding carboxylic acids is 1. The zero-order valence-electron chi connectivity index (χ0n) is 7.87. The Balaban J connectivity index is 2.72. The molecule has 13 heavy (non-hydrogen) atoms. The number of rotatable bonds is 2. The zero-order valence-corrected chi connectivity index (χ0v) is 7.87. The van der Waals surface area contributed by atoms with E-state index in [1.54, 1.807) is 24.3 Å². The summed E-state index contributed by atoms with van der Waals surface area (Å²) in [7, 11) is 0. The average Bonchev–Trinajstić information content (AvgIpc) is 2.04. The van der Waals surface area contributed by atoms with Gasteiger partial charge in [0.2, 0.25) is 0 Å². The van der Waals surface area contributed by atoms with Crippen LogP contribution in [-0.2, 0) is 0 Å². The molecule has 70 valence electrons. The minimum Gasteiger partial charge on any atom is -0.399 e. The molecule has 0 aliphatic carbocycles. The van der Waals surface area contributed by atoms with Crippen molar-refractivity contribution in [2.75, 3.05) is 5.73 Å². The summed E-state index contributed by atoms with van der Waals surface area (Å²) in [4.78, 5) is 11.4. The molecule has 0 fully saturated rings. The molecule has 0 aliphatic heterocycles. The van der Waals surface area contributed by atoms with Crippen molar-refractivity contribution in [1.82, 2.24) is 5.32 Å². The summed E-state index contributed by atoms with van der Waals surface area (Å²) < 4.78 is 0. The fraction of sp³-hybridized carbons (Fsp3) is 0.300. The highest BCUT2D eigenvalue weighted by atomic mass is 16.1. The van der Waals surface area contributed by atoms with E-state index in [1.165, 1.54) is 0 Å². The molecule has 1 aromatic rings. The van der Waals surface area contributed by atoms with Gasteiger partial charge in [-0.15, -0.1) is 0 Å². The monoisotopic (exact) mass is 178 g/mol. The van der Waals surface area contributed by atoms with Crippen LogP contribution in [-0.4, -0.2) is 11.9 Å². The van der Waals surface area contributed by atoms with Gasteiger partial charge in [0.15, 0.2) is 0 Å². The third-order valence-corrected chi connectivity index (χ3v) is 1.59. The maximum Gasteiger partial charge on any atom is 0.251 e. The van der Waals surface area contributed by atoms with Gasteiger partial charge in [0.1, 0.15) is 0 Å². The van der Waals surface area contributed by atoms with E-state index >= 15 is 0 Å². The summed E-state index contributed by atoms with van der Waals surface area (Å²) >= 11 is 0. The lowest BCUT2D eigenvalue weighted by atomic mass is 10.2. The van der Waals surface area contributed by atoms with Gasteiger partial charge < -0.3 is 11.1 Å².